The zero-order valence-electron chi connectivity index (χ0n) is 18.3. The zero-order chi connectivity index (χ0) is 22.8. The monoisotopic (exact) mass is 424 g/mol. The molecule has 1 aliphatic carbocycles. The van der Waals surface area contributed by atoms with Crippen LogP contribution < -0.4 is 0 Å². The summed E-state index contributed by atoms with van der Waals surface area (Å²) in [5.41, 5.74) is 1.80. The molecule has 31 heavy (non-hydrogen) atoms. The lowest BCUT2D eigenvalue weighted by Crippen LogP contribution is -2.38. The summed E-state index contributed by atoms with van der Waals surface area (Å²) in [6.45, 7) is 11.2. The molecule has 0 saturated heterocycles. The third-order valence-electron chi connectivity index (χ3n) is 4.72. The van der Waals surface area contributed by atoms with Gasteiger partial charge in [0, 0.05) is 11.8 Å². The van der Waals surface area contributed by atoms with Crippen LogP contribution in [0.4, 0.5) is 10.6 Å². The highest BCUT2D eigenvalue weighted by Gasteiger charge is 2.38. The molecule has 164 valence electrons. The third kappa shape index (κ3) is 5.27. The number of aldehydes is 1. The number of rotatable bonds is 7. The second-order valence-corrected chi connectivity index (χ2v) is 8.51. The number of carbonyl (C=O) groups excluding carboxylic acids is 2. The number of hydrogen-bond acceptors (Lipinski definition) is 6. The quantitative estimate of drug-likeness (QED) is 0.532. The lowest BCUT2D eigenvalue weighted by Gasteiger charge is -2.28. The SMILES string of the molecule is C=C(N(C(=O)OC(C)(C)C)C1CC1)n1ncc(C=O)c1N=C(C)c1cccc(CO)c1. The van der Waals surface area contributed by atoms with Crippen molar-refractivity contribution in [2.75, 3.05) is 0 Å². The summed E-state index contributed by atoms with van der Waals surface area (Å²) in [4.78, 5) is 30.6. The first-order valence-electron chi connectivity index (χ1n) is 10.1. The van der Waals surface area contributed by atoms with Crippen molar-refractivity contribution in [2.24, 2.45) is 4.99 Å². The molecule has 2 aromatic rings. The summed E-state index contributed by atoms with van der Waals surface area (Å²) in [6.07, 6.45) is 3.24. The van der Waals surface area contributed by atoms with Gasteiger partial charge in [0.1, 0.15) is 11.4 Å². The minimum Gasteiger partial charge on any atom is -0.443 e. The maximum absolute atomic E-state index is 12.8. The van der Waals surface area contributed by atoms with Gasteiger partial charge in [-0.05, 0) is 57.7 Å². The fourth-order valence-corrected chi connectivity index (χ4v) is 3.07. The Morgan fingerprint density at radius 2 is 2.13 bits per heavy atom. The average molecular weight is 425 g/mol. The Morgan fingerprint density at radius 1 is 1.42 bits per heavy atom. The van der Waals surface area contributed by atoms with Gasteiger partial charge in [0.05, 0.1) is 18.4 Å². The van der Waals surface area contributed by atoms with E-state index in [1.807, 2.05) is 24.3 Å². The highest BCUT2D eigenvalue weighted by Crippen LogP contribution is 2.34. The van der Waals surface area contributed by atoms with Crippen molar-refractivity contribution in [1.82, 2.24) is 14.7 Å². The molecule has 1 aromatic heterocycles. The number of benzene rings is 1. The van der Waals surface area contributed by atoms with Crippen molar-refractivity contribution in [1.29, 1.82) is 0 Å². The summed E-state index contributed by atoms with van der Waals surface area (Å²) >= 11 is 0. The Kier molecular flexibility index (Phi) is 6.40. The van der Waals surface area contributed by atoms with Crippen molar-refractivity contribution in [3.8, 4) is 0 Å². The average Bonchev–Trinajstić information content (AvgIpc) is 3.45. The van der Waals surface area contributed by atoms with E-state index in [1.54, 1.807) is 27.7 Å². The van der Waals surface area contributed by atoms with Gasteiger partial charge in [-0.1, -0.05) is 24.8 Å². The van der Waals surface area contributed by atoms with Gasteiger partial charge in [-0.3, -0.25) is 9.69 Å². The smallest absolute Gasteiger partial charge is 0.416 e. The predicted octanol–water partition coefficient (Wildman–Crippen LogP) is 4.16. The molecule has 0 unspecified atom stereocenters. The van der Waals surface area contributed by atoms with Gasteiger partial charge in [0.25, 0.3) is 0 Å². The number of aliphatic imine (C=N–C) groups is 1. The Labute approximate surface area is 181 Å². The molecule has 0 atom stereocenters. The van der Waals surface area contributed by atoms with Gasteiger partial charge >= 0.3 is 6.09 Å². The van der Waals surface area contributed by atoms with E-state index in [2.05, 4.69) is 16.7 Å². The van der Waals surface area contributed by atoms with E-state index in [4.69, 9.17) is 4.74 Å². The van der Waals surface area contributed by atoms with Crippen LogP contribution in [0, 0.1) is 0 Å². The lowest BCUT2D eigenvalue weighted by molar-refractivity contribution is 0.0333. The molecule has 1 aromatic carbocycles. The summed E-state index contributed by atoms with van der Waals surface area (Å²) in [5.74, 6) is 0.557. The molecule has 3 rings (SSSR count). The van der Waals surface area contributed by atoms with Crippen LogP contribution in [0.2, 0.25) is 0 Å². The Hall–Kier alpha value is -3.26. The molecule has 8 heteroatoms. The van der Waals surface area contributed by atoms with Crippen molar-refractivity contribution >= 4 is 29.7 Å². The summed E-state index contributed by atoms with van der Waals surface area (Å²) in [6, 6.07) is 7.31. The molecule has 1 saturated carbocycles. The standard InChI is InChI=1S/C23H28N4O4/c1-15(18-8-6-7-17(11-18)13-28)25-21-19(14-29)12-24-27(21)16(2)26(20-9-10-20)22(30)31-23(3,4)5/h6-8,11-12,14,20,28H,2,9-10,13H2,1,3-5H3. The predicted molar refractivity (Wildman–Crippen MR) is 118 cm³/mol. The van der Waals surface area contributed by atoms with E-state index in [9.17, 15) is 14.7 Å². The molecule has 0 bridgehead atoms. The molecule has 1 heterocycles. The van der Waals surface area contributed by atoms with Gasteiger partial charge in [-0.2, -0.15) is 9.78 Å². The molecule has 0 radical (unpaired) electrons. The minimum atomic E-state index is -0.655. The second kappa shape index (κ2) is 8.85. The van der Waals surface area contributed by atoms with Gasteiger partial charge in [0.15, 0.2) is 12.1 Å². The minimum absolute atomic E-state index is 0.0228. The fourth-order valence-electron chi connectivity index (χ4n) is 3.07. The van der Waals surface area contributed by atoms with Gasteiger partial charge in [-0.15, -0.1) is 0 Å². The molecule has 1 aliphatic rings. The molecule has 0 spiro atoms. The zero-order valence-corrected chi connectivity index (χ0v) is 18.3. The highest BCUT2D eigenvalue weighted by molar-refractivity contribution is 6.01. The number of carbonyl (C=O) groups is 2. The van der Waals surface area contributed by atoms with Crippen molar-refractivity contribution in [2.45, 2.75) is 58.8 Å². The van der Waals surface area contributed by atoms with Crippen LogP contribution in [0.15, 0.2) is 42.0 Å². The van der Waals surface area contributed by atoms with E-state index in [1.165, 1.54) is 15.8 Å². The van der Waals surface area contributed by atoms with Crippen molar-refractivity contribution < 1.29 is 19.4 Å². The first-order chi connectivity index (χ1) is 14.6. The number of aromatic nitrogens is 2. The van der Waals surface area contributed by atoms with E-state index >= 15 is 0 Å². The van der Waals surface area contributed by atoms with Crippen molar-refractivity contribution in [3.05, 3.63) is 53.7 Å². The number of nitrogens with zero attached hydrogens (tertiary/aromatic N) is 4. The first-order valence-corrected chi connectivity index (χ1v) is 10.1. The number of hydrogen-bond donors (Lipinski definition) is 1. The third-order valence-corrected chi connectivity index (χ3v) is 4.72. The van der Waals surface area contributed by atoms with Gasteiger partial charge in [-0.25, -0.2) is 9.79 Å². The number of ether oxygens (including phenoxy) is 1. The Balaban J connectivity index is 1.99. The number of aliphatic hydroxyl groups is 1. The maximum Gasteiger partial charge on any atom is 0.416 e. The first kappa shape index (κ1) is 22.4. The molecule has 1 amide bonds. The fraction of sp³-hybridized carbons (Fsp3) is 0.391. The van der Waals surface area contributed by atoms with Crippen LogP contribution in [-0.4, -0.2) is 49.5 Å². The normalized spacial score (nSPS) is 14.3. The molecule has 8 nitrogen and oxygen atoms in total. The van der Waals surface area contributed by atoms with Crippen LogP contribution in [0.3, 0.4) is 0 Å². The topological polar surface area (TPSA) is 97.0 Å². The number of amides is 1. The van der Waals surface area contributed by atoms with Crippen LogP contribution in [0.1, 0.15) is 62.0 Å². The lowest BCUT2D eigenvalue weighted by atomic mass is 10.1. The van der Waals surface area contributed by atoms with Crippen LogP contribution >= 0.6 is 0 Å². The summed E-state index contributed by atoms with van der Waals surface area (Å²) < 4.78 is 6.94. The van der Waals surface area contributed by atoms with Gasteiger partial charge in [0.2, 0.25) is 0 Å². The molecule has 1 fully saturated rings. The van der Waals surface area contributed by atoms with Crippen molar-refractivity contribution in [3.63, 3.8) is 0 Å². The van der Waals surface area contributed by atoms with E-state index in [0.29, 0.717) is 12.0 Å². The Morgan fingerprint density at radius 3 is 2.71 bits per heavy atom. The van der Waals surface area contributed by atoms with E-state index < -0.39 is 11.7 Å². The van der Waals surface area contributed by atoms with E-state index in [0.717, 1.165) is 24.0 Å². The molecular weight excluding hydrogens is 396 g/mol. The number of aliphatic hydroxyl groups excluding tert-OH is 1. The molecule has 1 N–H and O–H groups in total. The highest BCUT2D eigenvalue weighted by atomic mass is 16.6. The second-order valence-electron chi connectivity index (χ2n) is 8.51. The van der Waals surface area contributed by atoms with Crippen LogP contribution in [0.5, 0.6) is 0 Å². The Bertz CT molecular complexity index is 1030. The summed E-state index contributed by atoms with van der Waals surface area (Å²) in [5, 5.41) is 13.7. The molecular formula is C23H28N4O4. The maximum atomic E-state index is 12.8. The van der Waals surface area contributed by atoms with E-state index in [-0.39, 0.29) is 29.9 Å². The molecule has 0 aliphatic heterocycles. The van der Waals surface area contributed by atoms with Crippen LogP contribution in [0.25, 0.3) is 5.82 Å². The summed E-state index contributed by atoms with van der Waals surface area (Å²) in [7, 11) is 0. The largest absolute Gasteiger partial charge is 0.443 e. The van der Waals surface area contributed by atoms with Crippen LogP contribution in [-0.2, 0) is 11.3 Å². The van der Waals surface area contributed by atoms with Gasteiger partial charge < -0.3 is 9.84 Å².